The summed E-state index contributed by atoms with van der Waals surface area (Å²) in [5.74, 6) is 1.60. The summed E-state index contributed by atoms with van der Waals surface area (Å²) in [4.78, 5) is 0. The Kier molecular flexibility index (Phi) is 3.77. The lowest BCUT2D eigenvalue weighted by Gasteiger charge is -2.12. The summed E-state index contributed by atoms with van der Waals surface area (Å²) in [6.07, 6.45) is 0. The Bertz CT molecular complexity index is 274. The predicted molar refractivity (Wildman–Crippen MR) is 55.0 cm³/mol. The van der Waals surface area contributed by atoms with Crippen LogP contribution in [0, 0.1) is 0 Å². The highest BCUT2D eigenvalue weighted by atomic mass is 16.5. The number of hydrogen-bond donors (Lipinski definition) is 1. The number of aliphatic hydroxyl groups excluding tert-OH is 1. The molecule has 1 atom stereocenters. The van der Waals surface area contributed by atoms with Crippen LogP contribution in [-0.2, 0) is 0 Å². The molecule has 0 spiro atoms. The monoisotopic (exact) mass is 196 g/mol. The lowest BCUT2D eigenvalue weighted by molar-refractivity contribution is 0.272. The van der Waals surface area contributed by atoms with Crippen LogP contribution in [-0.4, -0.2) is 25.9 Å². The molecule has 0 saturated carbocycles. The van der Waals surface area contributed by atoms with Gasteiger partial charge in [-0.2, -0.15) is 0 Å². The van der Waals surface area contributed by atoms with Crippen molar-refractivity contribution in [1.82, 2.24) is 0 Å². The van der Waals surface area contributed by atoms with E-state index in [-0.39, 0.29) is 12.5 Å². The molecule has 0 radical (unpaired) electrons. The standard InChI is InChI=1S/C11H16O3/c1-8(7-12)9-4-10(13-2)6-11(5-9)14-3/h4-6,8,12H,7H2,1-3H3. The van der Waals surface area contributed by atoms with Gasteiger partial charge in [-0.1, -0.05) is 6.92 Å². The van der Waals surface area contributed by atoms with Crippen LogP contribution in [0.4, 0.5) is 0 Å². The van der Waals surface area contributed by atoms with Crippen molar-refractivity contribution in [1.29, 1.82) is 0 Å². The number of aliphatic hydroxyl groups is 1. The zero-order valence-electron chi connectivity index (χ0n) is 8.78. The summed E-state index contributed by atoms with van der Waals surface area (Å²) < 4.78 is 10.3. The fourth-order valence-corrected chi connectivity index (χ4v) is 1.22. The van der Waals surface area contributed by atoms with Crippen molar-refractivity contribution in [3.63, 3.8) is 0 Å². The molecule has 1 aromatic carbocycles. The largest absolute Gasteiger partial charge is 0.497 e. The first-order valence-corrected chi connectivity index (χ1v) is 4.55. The van der Waals surface area contributed by atoms with Gasteiger partial charge < -0.3 is 14.6 Å². The van der Waals surface area contributed by atoms with E-state index in [1.807, 2.05) is 25.1 Å². The fraction of sp³-hybridized carbons (Fsp3) is 0.455. The molecule has 0 aliphatic rings. The topological polar surface area (TPSA) is 38.7 Å². The molecule has 0 heterocycles. The van der Waals surface area contributed by atoms with Crippen LogP contribution < -0.4 is 9.47 Å². The minimum Gasteiger partial charge on any atom is -0.497 e. The second kappa shape index (κ2) is 4.86. The smallest absolute Gasteiger partial charge is 0.122 e. The molecule has 0 saturated heterocycles. The van der Waals surface area contributed by atoms with Crippen molar-refractivity contribution < 1.29 is 14.6 Å². The van der Waals surface area contributed by atoms with Gasteiger partial charge in [0.2, 0.25) is 0 Å². The van der Waals surface area contributed by atoms with E-state index >= 15 is 0 Å². The summed E-state index contributed by atoms with van der Waals surface area (Å²) in [5, 5.41) is 9.03. The highest BCUT2D eigenvalue weighted by molar-refractivity contribution is 5.39. The summed E-state index contributed by atoms with van der Waals surface area (Å²) in [7, 11) is 3.23. The summed E-state index contributed by atoms with van der Waals surface area (Å²) in [5.41, 5.74) is 1.02. The molecule has 0 aromatic heterocycles. The lowest BCUT2D eigenvalue weighted by Crippen LogP contribution is -2.00. The van der Waals surface area contributed by atoms with Crippen LogP contribution in [0.5, 0.6) is 11.5 Å². The van der Waals surface area contributed by atoms with Crippen LogP contribution in [0.2, 0.25) is 0 Å². The summed E-state index contributed by atoms with van der Waals surface area (Å²) in [6, 6.07) is 5.63. The number of rotatable bonds is 4. The lowest BCUT2D eigenvalue weighted by atomic mass is 10.0. The maximum atomic E-state index is 9.03. The molecule has 0 aliphatic heterocycles. The van der Waals surface area contributed by atoms with E-state index in [1.165, 1.54) is 0 Å². The van der Waals surface area contributed by atoms with E-state index in [4.69, 9.17) is 14.6 Å². The Morgan fingerprint density at radius 1 is 1.14 bits per heavy atom. The van der Waals surface area contributed by atoms with Crippen LogP contribution in [0.1, 0.15) is 18.4 Å². The average Bonchev–Trinajstić information content (AvgIpc) is 2.27. The van der Waals surface area contributed by atoms with Crippen LogP contribution in [0.25, 0.3) is 0 Å². The van der Waals surface area contributed by atoms with E-state index < -0.39 is 0 Å². The van der Waals surface area contributed by atoms with Crippen molar-refractivity contribution in [2.75, 3.05) is 20.8 Å². The molecule has 3 heteroatoms. The SMILES string of the molecule is COc1cc(OC)cc(C(C)CO)c1. The maximum Gasteiger partial charge on any atom is 0.122 e. The molecular weight excluding hydrogens is 180 g/mol. The summed E-state index contributed by atoms with van der Waals surface area (Å²) in [6.45, 7) is 2.07. The second-order valence-electron chi connectivity index (χ2n) is 3.23. The zero-order chi connectivity index (χ0) is 10.6. The number of ether oxygens (including phenoxy) is 2. The highest BCUT2D eigenvalue weighted by Crippen LogP contribution is 2.26. The van der Waals surface area contributed by atoms with Gasteiger partial charge in [0.25, 0.3) is 0 Å². The quantitative estimate of drug-likeness (QED) is 0.798. The third kappa shape index (κ3) is 2.39. The van der Waals surface area contributed by atoms with Gasteiger partial charge >= 0.3 is 0 Å². The molecule has 0 amide bonds. The number of hydrogen-bond acceptors (Lipinski definition) is 3. The minimum absolute atomic E-state index is 0.0963. The molecule has 0 aliphatic carbocycles. The molecule has 78 valence electrons. The van der Waals surface area contributed by atoms with Gasteiger partial charge in [0.05, 0.1) is 14.2 Å². The molecule has 14 heavy (non-hydrogen) atoms. The van der Waals surface area contributed by atoms with E-state index in [0.717, 1.165) is 17.1 Å². The Morgan fingerprint density at radius 3 is 2.00 bits per heavy atom. The van der Waals surface area contributed by atoms with Crippen LogP contribution >= 0.6 is 0 Å². The Balaban J connectivity index is 3.04. The zero-order valence-corrected chi connectivity index (χ0v) is 8.78. The third-order valence-electron chi connectivity index (χ3n) is 2.22. The van der Waals surface area contributed by atoms with Gasteiger partial charge in [-0.25, -0.2) is 0 Å². The highest BCUT2D eigenvalue weighted by Gasteiger charge is 2.07. The predicted octanol–water partition coefficient (Wildman–Crippen LogP) is 1.80. The number of methoxy groups -OCH3 is 2. The molecule has 1 aromatic rings. The fourth-order valence-electron chi connectivity index (χ4n) is 1.22. The Hall–Kier alpha value is -1.22. The molecule has 3 nitrogen and oxygen atoms in total. The first kappa shape index (κ1) is 10.9. The van der Waals surface area contributed by atoms with Crippen molar-refractivity contribution in [2.24, 2.45) is 0 Å². The second-order valence-corrected chi connectivity index (χ2v) is 3.23. The molecule has 1 N–H and O–H groups in total. The van der Waals surface area contributed by atoms with Crippen LogP contribution in [0.3, 0.4) is 0 Å². The van der Waals surface area contributed by atoms with Crippen molar-refractivity contribution in [2.45, 2.75) is 12.8 Å². The van der Waals surface area contributed by atoms with Crippen molar-refractivity contribution in [3.8, 4) is 11.5 Å². The van der Waals surface area contributed by atoms with E-state index in [1.54, 1.807) is 14.2 Å². The first-order valence-electron chi connectivity index (χ1n) is 4.55. The van der Waals surface area contributed by atoms with Crippen molar-refractivity contribution >= 4 is 0 Å². The van der Waals surface area contributed by atoms with E-state index in [0.29, 0.717) is 0 Å². The molecule has 0 bridgehead atoms. The minimum atomic E-state index is 0.0963. The third-order valence-corrected chi connectivity index (χ3v) is 2.22. The molecule has 1 rings (SSSR count). The van der Waals surface area contributed by atoms with Gasteiger partial charge in [0.15, 0.2) is 0 Å². The van der Waals surface area contributed by atoms with Gasteiger partial charge in [-0.05, 0) is 17.7 Å². The van der Waals surface area contributed by atoms with Gasteiger partial charge in [-0.15, -0.1) is 0 Å². The van der Waals surface area contributed by atoms with Gasteiger partial charge in [-0.3, -0.25) is 0 Å². The molecule has 1 unspecified atom stereocenters. The molecular formula is C11H16O3. The maximum absolute atomic E-state index is 9.03. The Morgan fingerprint density at radius 2 is 1.64 bits per heavy atom. The van der Waals surface area contributed by atoms with Crippen molar-refractivity contribution in [3.05, 3.63) is 23.8 Å². The van der Waals surface area contributed by atoms with E-state index in [2.05, 4.69) is 0 Å². The molecule has 0 fully saturated rings. The average molecular weight is 196 g/mol. The van der Waals surface area contributed by atoms with Gasteiger partial charge in [0, 0.05) is 18.6 Å². The van der Waals surface area contributed by atoms with E-state index in [9.17, 15) is 0 Å². The van der Waals surface area contributed by atoms with Crippen LogP contribution in [0.15, 0.2) is 18.2 Å². The normalized spacial score (nSPS) is 12.3. The first-order chi connectivity index (χ1) is 6.71. The van der Waals surface area contributed by atoms with Gasteiger partial charge in [0.1, 0.15) is 11.5 Å². The summed E-state index contributed by atoms with van der Waals surface area (Å²) >= 11 is 0. The number of benzene rings is 1. The Labute approximate surface area is 84.3 Å².